The van der Waals surface area contributed by atoms with Gasteiger partial charge in [-0.2, -0.15) is 13.2 Å². The summed E-state index contributed by atoms with van der Waals surface area (Å²) in [7, 11) is 0. The van der Waals surface area contributed by atoms with Gasteiger partial charge in [-0.25, -0.2) is 9.78 Å². The van der Waals surface area contributed by atoms with Gasteiger partial charge in [0, 0.05) is 18.5 Å². The lowest BCUT2D eigenvalue weighted by molar-refractivity contribution is -0.143. The third kappa shape index (κ3) is 4.34. The minimum Gasteiger partial charge on any atom is -0.481 e. The molecule has 0 aromatic carbocycles. The van der Waals surface area contributed by atoms with Gasteiger partial charge in [0.25, 0.3) is 0 Å². The predicted molar refractivity (Wildman–Crippen MR) is 76.0 cm³/mol. The fraction of sp³-hybridized carbons (Fsp3) is 0.615. The monoisotopic (exact) mass is 351 g/mol. The molecule has 1 fully saturated rings. The first-order chi connectivity index (χ1) is 10.7. The van der Waals surface area contributed by atoms with E-state index >= 15 is 0 Å². The van der Waals surface area contributed by atoms with E-state index in [9.17, 15) is 22.8 Å². The van der Waals surface area contributed by atoms with Crippen LogP contribution in [0, 0.1) is 5.92 Å². The molecule has 2 N–H and O–H groups in total. The van der Waals surface area contributed by atoms with Gasteiger partial charge < -0.3 is 15.3 Å². The van der Waals surface area contributed by atoms with Crippen LogP contribution in [0.5, 0.6) is 0 Å². The number of hydrogen-bond acceptors (Lipinski definition) is 4. The molecule has 2 rings (SSSR count). The van der Waals surface area contributed by atoms with E-state index in [0.717, 1.165) is 16.7 Å². The van der Waals surface area contributed by atoms with Crippen molar-refractivity contribution in [3.63, 3.8) is 0 Å². The number of hydrogen-bond donors (Lipinski definition) is 2. The molecular formula is C13H16F3N3O3S. The molecule has 6 nitrogen and oxygen atoms in total. The Morgan fingerprint density at radius 3 is 2.78 bits per heavy atom. The standard InChI is InChI=1S/C13H16F3N3O3S/c1-7(10-18-9(6-23-10)13(14,15)16)17-12(22)19-4-2-3-8(5-19)11(20)21/h6-8H,2-5H2,1H3,(H,17,22)(H,20,21). The highest BCUT2D eigenvalue weighted by atomic mass is 32.1. The average molecular weight is 351 g/mol. The van der Waals surface area contributed by atoms with Crippen molar-refractivity contribution in [2.75, 3.05) is 13.1 Å². The molecule has 0 radical (unpaired) electrons. The number of piperidine rings is 1. The number of rotatable bonds is 3. The van der Waals surface area contributed by atoms with Crippen molar-refractivity contribution >= 4 is 23.3 Å². The number of carbonyl (C=O) groups excluding carboxylic acids is 1. The SMILES string of the molecule is CC(NC(=O)N1CCCC(C(=O)O)C1)c1nc(C(F)(F)F)cs1. The van der Waals surface area contributed by atoms with E-state index in [2.05, 4.69) is 10.3 Å². The lowest BCUT2D eigenvalue weighted by Gasteiger charge is -2.31. The number of nitrogens with zero attached hydrogens (tertiary/aromatic N) is 2. The zero-order valence-electron chi connectivity index (χ0n) is 12.3. The quantitative estimate of drug-likeness (QED) is 0.877. The number of halogens is 3. The molecule has 1 aliphatic heterocycles. The Kier molecular flexibility index (Phi) is 5.12. The second-order valence-electron chi connectivity index (χ2n) is 5.36. The number of likely N-dealkylation sites (tertiary alicyclic amines) is 1. The number of carboxylic acids is 1. The van der Waals surface area contributed by atoms with E-state index < -0.39 is 35.8 Å². The summed E-state index contributed by atoms with van der Waals surface area (Å²) >= 11 is 0.820. The Morgan fingerprint density at radius 1 is 1.52 bits per heavy atom. The summed E-state index contributed by atoms with van der Waals surface area (Å²) in [4.78, 5) is 28.0. The maximum absolute atomic E-state index is 12.5. The first-order valence-electron chi connectivity index (χ1n) is 6.99. The van der Waals surface area contributed by atoms with Crippen molar-refractivity contribution in [2.24, 2.45) is 5.92 Å². The summed E-state index contributed by atoms with van der Waals surface area (Å²) in [5, 5.41) is 12.6. The van der Waals surface area contributed by atoms with Gasteiger partial charge in [0.2, 0.25) is 0 Å². The van der Waals surface area contributed by atoms with Crippen LogP contribution in [0.2, 0.25) is 0 Å². The number of carbonyl (C=O) groups is 2. The van der Waals surface area contributed by atoms with E-state index in [0.29, 0.717) is 19.4 Å². The molecular weight excluding hydrogens is 335 g/mol. The van der Waals surface area contributed by atoms with Crippen molar-refractivity contribution in [3.8, 4) is 0 Å². The lowest BCUT2D eigenvalue weighted by atomic mass is 9.99. The molecule has 128 valence electrons. The lowest BCUT2D eigenvalue weighted by Crippen LogP contribution is -2.47. The molecule has 1 aromatic heterocycles. The summed E-state index contributed by atoms with van der Waals surface area (Å²) < 4.78 is 37.6. The zero-order chi connectivity index (χ0) is 17.2. The highest BCUT2D eigenvalue weighted by Crippen LogP contribution is 2.31. The first kappa shape index (κ1) is 17.5. The van der Waals surface area contributed by atoms with Crippen LogP contribution in [0.15, 0.2) is 5.38 Å². The topological polar surface area (TPSA) is 82.5 Å². The first-order valence-corrected chi connectivity index (χ1v) is 7.87. The van der Waals surface area contributed by atoms with Crippen molar-refractivity contribution in [2.45, 2.75) is 32.0 Å². The molecule has 0 aliphatic carbocycles. The Morgan fingerprint density at radius 2 is 2.22 bits per heavy atom. The van der Waals surface area contributed by atoms with Crippen LogP contribution >= 0.6 is 11.3 Å². The van der Waals surface area contributed by atoms with Crippen LogP contribution in [0.1, 0.15) is 36.5 Å². The number of amides is 2. The summed E-state index contributed by atoms with van der Waals surface area (Å²) in [6.07, 6.45) is -3.43. The second-order valence-corrected chi connectivity index (χ2v) is 6.25. The molecule has 0 spiro atoms. The van der Waals surface area contributed by atoms with Crippen molar-refractivity contribution < 1.29 is 27.9 Å². The van der Waals surface area contributed by atoms with Crippen LogP contribution < -0.4 is 5.32 Å². The molecule has 1 saturated heterocycles. The summed E-state index contributed by atoms with van der Waals surface area (Å²) in [5.74, 6) is -1.56. The van der Waals surface area contributed by atoms with E-state index in [4.69, 9.17) is 5.11 Å². The number of thiazole rings is 1. The van der Waals surface area contributed by atoms with Crippen molar-refractivity contribution in [1.29, 1.82) is 0 Å². The molecule has 10 heteroatoms. The van der Waals surface area contributed by atoms with E-state index in [1.807, 2.05) is 0 Å². The molecule has 2 heterocycles. The summed E-state index contributed by atoms with van der Waals surface area (Å²) in [6, 6.07) is -1.18. The Bertz CT molecular complexity index is 591. The molecule has 2 unspecified atom stereocenters. The maximum Gasteiger partial charge on any atom is 0.434 e. The van der Waals surface area contributed by atoms with E-state index in [1.54, 1.807) is 0 Å². The number of nitrogens with one attached hydrogen (secondary N) is 1. The Balaban J connectivity index is 1.96. The highest BCUT2D eigenvalue weighted by Gasteiger charge is 2.34. The van der Waals surface area contributed by atoms with E-state index in [1.165, 1.54) is 11.8 Å². The Hall–Kier alpha value is -1.84. The van der Waals surface area contributed by atoms with Crippen LogP contribution in [0.25, 0.3) is 0 Å². The van der Waals surface area contributed by atoms with E-state index in [-0.39, 0.29) is 11.6 Å². The second kappa shape index (κ2) is 6.73. The maximum atomic E-state index is 12.5. The highest BCUT2D eigenvalue weighted by molar-refractivity contribution is 7.09. The third-order valence-electron chi connectivity index (χ3n) is 3.58. The number of urea groups is 1. The van der Waals surface area contributed by atoms with Gasteiger partial charge in [0.05, 0.1) is 12.0 Å². The fourth-order valence-electron chi connectivity index (χ4n) is 2.32. The summed E-state index contributed by atoms with van der Waals surface area (Å²) in [6.45, 7) is 2.06. The normalized spacial score (nSPS) is 20.2. The number of aliphatic carboxylic acids is 1. The van der Waals surface area contributed by atoms with Gasteiger partial charge in [-0.15, -0.1) is 11.3 Å². The molecule has 1 aliphatic rings. The Labute approximate surface area is 134 Å². The van der Waals surface area contributed by atoms with Gasteiger partial charge in [-0.3, -0.25) is 4.79 Å². The van der Waals surface area contributed by atoms with Crippen LogP contribution in [-0.2, 0) is 11.0 Å². The largest absolute Gasteiger partial charge is 0.481 e. The van der Waals surface area contributed by atoms with Crippen LogP contribution in [0.3, 0.4) is 0 Å². The van der Waals surface area contributed by atoms with Crippen LogP contribution in [-0.4, -0.2) is 40.1 Å². The minimum absolute atomic E-state index is 0.0968. The van der Waals surface area contributed by atoms with Gasteiger partial charge in [-0.1, -0.05) is 0 Å². The molecule has 0 bridgehead atoms. The van der Waals surface area contributed by atoms with Gasteiger partial charge in [0.15, 0.2) is 5.69 Å². The average Bonchev–Trinajstić information content (AvgIpc) is 2.97. The number of alkyl halides is 3. The molecule has 1 aromatic rings. The zero-order valence-corrected chi connectivity index (χ0v) is 13.1. The van der Waals surface area contributed by atoms with Gasteiger partial charge in [-0.05, 0) is 19.8 Å². The van der Waals surface area contributed by atoms with Crippen molar-refractivity contribution in [3.05, 3.63) is 16.1 Å². The fourth-order valence-corrected chi connectivity index (χ4v) is 3.15. The van der Waals surface area contributed by atoms with Crippen LogP contribution in [0.4, 0.5) is 18.0 Å². The molecule has 2 atom stereocenters. The molecule has 0 saturated carbocycles. The number of aromatic nitrogens is 1. The number of carboxylic acid groups (broad SMARTS) is 1. The predicted octanol–water partition coefficient (Wildman–Crippen LogP) is 2.73. The van der Waals surface area contributed by atoms with Crippen molar-refractivity contribution in [1.82, 2.24) is 15.2 Å². The smallest absolute Gasteiger partial charge is 0.434 e. The molecule has 23 heavy (non-hydrogen) atoms. The van der Waals surface area contributed by atoms with Gasteiger partial charge in [0.1, 0.15) is 5.01 Å². The minimum atomic E-state index is -4.51. The third-order valence-corrected chi connectivity index (χ3v) is 4.61. The van der Waals surface area contributed by atoms with Gasteiger partial charge >= 0.3 is 18.2 Å². The summed E-state index contributed by atoms with van der Waals surface area (Å²) in [5.41, 5.74) is -0.984. The molecule has 2 amide bonds.